The summed E-state index contributed by atoms with van der Waals surface area (Å²) >= 11 is 5.65. The lowest BCUT2D eigenvalue weighted by Crippen LogP contribution is -1.97. The zero-order valence-corrected chi connectivity index (χ0v) is 7.04. The van der Waals surface area contributed by atoms with Crippen LogP contribution in [0.25, 0.3) is 11.0 Å². The summed E-state index contributed by atoms with van der Waals surface area (Å²) in [5.74, 6) is -1.11. The molecular weight excluding hydrogens is 194 g/mol. The second-order valence-corrected chi connectivity index (χ2v) is 2.86. The lowest BCUT2D eigenvalue weighted by molar-refractivity contribution is 0.0692. The highest BCUT2D eigenvalue weighted by atomic mass is 35.5. The van der Waals surface area contributed by atoms with Crippen LogP contribution in [0.2, 0.25) is 5.02 Å². The van der Waals surface area contributed by atoms with Gasteiger partial charge in [0.15, 0.2) is 5.69 Å². The van der Waals surface area contributed by atoms with Crippen LogP contribution in [0.1, 0.15) is 10.5 Å². The number of nitrogens with zero attached hydrogens (tertiary/aromatic N) is 2. The number of pyridine rings is 1. The van der Waals surface area contributed by atoms with Crippen molar-refractivity contribution < 1.29 is 9.90 Å². The quantitative estimate of drug-likeness (QED) is 0.723. The Morgan fingerprint density at radius 3 is 3.08 bits per heavy atom. The van der Waals surface area contributed by atoms with E-state index in [1.165, 1.54) is 6.20 Å². The minimum absolute atomic E-state index is 0.0910. The number of nitrogens with one attached hydrogen (secondary N) is 1. The molecule has 0 aliphatic carbocycles. The van der Waals surface area contributed by atoms with E-state index in [1.54, 1.807) is 6.07 Å². The second-order valence-electron chi connectivity index (χ2n) is 2.43. The maximum Gasteiger partial charge on any atom is 0.358 e. The number of hydrogen-bond acceptors (Lipinski definition) is 3. The van der Waals surface area contributed by atoms with Crippen molar-refractivity contribution in [2.45, 2.75) is 0 Å². The summed E-state index contributed by atoms with van der Waals surface area (Å²) in [4.78, 5) is 14.5. The molecule has 2 aromatic rings. The standard InChI is InChI=1S/C7H4ClN3O2/c8-3-1-4-5(9-2-3)6(7(12)13)11-10-4/h1-2H,(H,10,11)(H,12,13). The number of aromatic amines is 1. The fraction of sp³-hybridized carbons (Fsp3) is 0. The molecule has 2 rings (SSSR count). The van der Waals surface area contributed by atoms with E-state index in [9.17, 15) is 4.79 Å². The maximum atomic E-state index is 10.6. The van der Waals surface area contributed by atoms with Gasteiger partial charge in [0.25, 0.3) is 0 Å². The highest BCUT2D eigenvalue weighted by molar-refractivity contribution is 6.31. The van der Waals surface area contributed by atoms with Crippen molar-refractivity contribution in [1.82, 2.24) is 15.2 Å². The zero-order valence-electron chi connectivity index (χ0n) is 6.28. The Morgan fingerprint density at radius 1 is 1.62 bits per heavy atom. The fourth-order valence-corrected chi connectivity index (χ4v) is 1.19. The van der Waals surface area contributed by atoms with Crippen LogP contribution in [0.3, 0.4) is 0 Å². The molecule has 0 bridgehead atoms. The van der Waals surface area contributed by atoms with E-state index in [2.05, 4.69) is 15.2 Å². The number of H-pyrrole nitrogens is 1. The topological polar surface area (TPSA) is 78.9 Å². The molecule has 2 heterocycles. The Kier molecular flexibility index (Phi) is 1.66. The molecule has 0 saturated carbocycles. The molecule has 0 saturated heterocycles. The van der Waals surface area contributed by atoms with Gasteiger partial charge in [-0.05, 0) is 6.07 Å². The van der Waals surface area contributed by atoms with Crippen molar-refractivity contribution in [2.75, 3.05) is 0 Å². The third kappa shape index (κ3) is 1.23. The summed E-state index contributed by atoms with van der Waals surface area (Å²) in [5, 5.41) is 15.2. The number of aromatic carboxylic acids is 1. The van der Waals surface area contributed by atoms with Crippen LogP contribution in [0, 0.1) is 0 Å². The van der Waals surface area contributed by atoms with Gasteiger partial charge in [0.2, 0.25) is 0 Å². The first-order valence-corrected chi connectivity index (χ1v) is 3.79. The summed E-state index contributed by atoms with van der Waals surface area (Å²) in [6.07, 6.45) is 1.38. The van der Waals surface area contributed by atoms with Crippen LogP contribution in [-0.2, 0) is 0 Å². The molecule has 13 heavy (non-hydrogen) atoms. The number of rotatable bonds is 1. The van der Waals surface area contributed by atoms with Crippen molar-refractivity contribution in [2.24, 2.45) is 0 Å². The summed E-state index contributed by atoms with van der Waals surface area (Å²) < 4.78 is 0. The lowest BCUT2D eigenvalue weighted by atomic mass is 10.3. The Balaban J connectivity index is 2.76. The van der Waals surface area contributed by atoms with E-state index >= 15 is 0 Å². The highest BCUT2D eigenvalue weighted by Gasteiger charge is 2.13. The number of carbonyl (C=O) groups is 1. The van der Waals surface area contributed by atoms with Gasteiger partial charge >= 0.3 is 5.97 Å². The molecule has 0 amide bonds. The van der Waals surface area contributed by atoms with E-state index in [1.807, 2.05) is 0 Å². The second kappa shape index (κ2) is 2.70. The van der Waals surface area contributed by atoms with Crippen LogP contribution in [-0.4, -0.2) is 26.3 Å². The number of hydrogen-bond donors (Lipinski definition) is 2. The average molecular weight is 198 g/mol. The largest absolute Gasteiger partial charge is 0.476 e. The first-order valence-electron chi connectivity index (χ1n) is 3.41. The monoisotopic (exact) mass is 197 g/mol. The Labute approximate surface area is 77.4 Å². The summed E-state index contributed by atoms with van der Waals surface area (Å²) in [6, 6.07) is 1.57. The number of carboxylic acid groups (broad SMARTS) is 1. The van der Waals surface area contributed by atoms with Gasteiger partial charge in [-0.15, -0.1) is 0 Å². The van der Waals surface area contributed by atoms with Gasteiger partial charge in [0.05, 0.1) is 10.5 Å². The van der Waals surface area contributed by atoms with E-state index in [-0.39, 0.29) is 5.69 Å². The highest BCUT2D eigenvalue weighted by Crippen LogP contribution is 2.16. The molecule has 2 N–H and O–H groups in total. The molecule has 2 aromatic heterocycles. The first-order chi connectivity index (χ1) is 6.18. The molecule has 0 aromatic carbocycles. The number of fused-ring (bicyclic) bond motifs is 1. The summed E-state index contributed by atoms with van der Waals surface area (Å²) in [7, 11) is 0. The molecule has 0 atom stereocenters. The van der Waals surface area contributed by atoms with Crippen molar-refractivity contribution in [3.8, 4) is 0 Å². The van der Waals surface area contributed by atoms with E-state index in [4.69, 9.17) is 16.7 Å². The van der Waals surface area contributed by atoms with Crippen molar-refractivity contribution >= 4 is 28.6 Å². The van der Waals surface area contributed by atoms with Crippen molar-refractivity contribution in [1.29, 1.82) is 0 Å². The van der Waals surface area contributed by atoms with Crippen LogP contribution >= 0.6 is 11.6 Å². The zero-order chi connectivity index (χ0) is 9.42. The predicted molar refractivity (Wildman–Crippen MR) is 45.9 cm³/mol. The minimum Gasteiger partial charge on any atom is -0.476 e. The Hall–Kier alpha value is -1.62. The van der Waals surface area contributed by atoms with Crippen LogP contribution in [0.5, 0.6) is 0 Å². The molecule has 66 valence electrons. The molecule has 5 nitrogen and oxygen atoms in total. The average Bonchev–Trinajstić information content (AvgIpc) is 2.46. The lowest BCUT2D eigenvalue weighted by Gasteiger charge is -1.89. The van der Waals surface area contributed by atoms with E-state index in [0.29, 0.717) is 16.1 Å². The van der Waals surface area contributed by atoms with E-state index in [0.717, 1.165) is 0 Å². The van der Waals surface area contributed by atoms with Gasteiger partial charge in [-0.3, -0.25) is 10.1 Å². The minimum atomic E-state index is -1.11. The molecular formula is C7H4ClN3O2. The fourth-order valence-electron chi connectivity index (χ4n) is 1.03. The van der Waals surface area contributed by atoms with Gasteiger partial charge < -0.3 is 5.11 Å². The molecule has 0 fully saturated rings. The molecule has 0 aliphatic heterocycles. The van der Waals surface area contributed by atoms with Crippen LogP contribution in [0.15, 0.2) is 12.3 Å². The van der Waals surface area contributed by atoms with E-state index < -0.39 is 5.97 Å². The van der Waals surface area contributed by atoms with Crippen LogP contribution < -0.4 is 0 Å². The third-order valence-corrected chi connectivity index (χ3v) is 1.78. The Morgan fingerprint density at radius 2 is 2.38 bits per heavy atom. The summed E-state index contributed by atoms with van der Waals surface area (Å²) in [5.41, 5.74) is 0.744. The molecule has 0 aliphatic rings. The van der Waals surface area contributed by atoms with Crippen LogP contribution in [0.4, 0.5) is 0 Å². The number of carboxylic acids is 1. The predicted octanol–water partition coefficient (Wildman–Crippen LogP) is 1.31. The van der Waals surface area contributed by atoms with Gasteiger partial charge in [0.1, 0.15) is 5.52 Å². The molecule has 6 heteroatoms. The Bertz CT molecular complexity index is 480. The molecule has 0 spiro atoms. The number of aromatic nitrogens is 3. The third-order valence-electron chi connectivity index (χ3n) is 1.57. The molecule has 0 unspecified atom stereocenters. The van der Waals surface area contributed by atoms with Gasteiger partial charge in [-0.1, -0.05) is 11.6 Å². The smallest absolute Gasteiger partial charge is 0.358 e. The SMILES string of the molecule is O=C(O)c1n[nH]c2cc(Cl)cnc12. The number of halogens is 1. The first kappa shape index (κ1) is 8.00. The van der Waals surface area contributed by atoms with Crippen molar-refractivity contribution in [3.63, 3.8) is 0 Å². The maximum absolute atomic E-state index is 10.6. The summed E-state index contributed by atoms with van der Waals surface area (Å²) in [6.45, 7) is 0. The van der Waals surface area contributed by atoms with Gasteiger partial charge in [0, 0.05) is 6.20 Å². The van der Waals surface area contributed by atoms with Gasteiger partial charge in [-0.2, -0.15) is 5.10 Å². The normalized spacial score (nSPS) is 10.5. The molecule has 0 radical (unpaired) electrons. The van der Waals surface area contributed by atoms with Crippen molar-refractivity contribution in [3.05, 3.63) is 23.0 Å². The van der Waals surface area contributed by atoms with Gasteiger partial charge in [-0.25, -0.2) is 4.79 Å².